The van der Waals surface area contributed by atoms with E-state index in [0.717, 1.165) is 22.4 Å². The summed E-state index contributed by atoms with van der Waals surface area (Å²) in [5, 5.41) is 0. The molecule has 0 aliphatic rings. The number of hydrazine groups is 1. The van der Waals surface area contributed by atoms with Crippen LogP contribution in [0.3, 0.4) is 0 Å². The molecule has 0 fully saturated rings. The number of carbonyl (C=O) groups excluding carboxylic acids is 1. The second-order valence-electron chi connectivity index (χ2n) is 4.82. The molecule has 0 aliphatic carbocycles. The van der Waals surface area contributed by atoms with Crippen LogP contribution in [0, 0.1) is 6.92 Å². The topological polar surface area (TPSA) is 76.4 Å². The number of nitrogens with two attached hydrogens (primary N) is 1. The maximum Gasteiger partial charge on any atom is 0.255 e. The first-order chi connectivity index (χ1) is 8.92. The Bertz CT molecular complexity index is 458. The molecule has 0 spiro atoms. The van der Waals surface area contributed by atoms with Crippen LogP contribution in [0.5, 0.6) is 5.75 Å². The fraction of sp³-hybridized carbons (Fsp3) is 0.500. The minimum Gasteiger partial charge on any atom is -0.496 e. The number of rotatable bonds is 5. The minimum atomic E-state index is -0.698. The van der Waals surface area contributed by atoms with Crippen molar-refractivity contribution in [2.75, 3.05) is 14.2 Å². The molecule has 5 heteroatoms. The molecule has 4 N–H and O–H groups in total. The molecule has 1 amide bonds. The van der Waals surface area contributed by atoms with Crippen molar-refractivity contribution in [3.05, 3.63) is 28.8 Å². The van der Waals surface area contributed by atoms with E-state index in [9.17, 15) is 4.79 Å². The van der Waals surface area contributed by atoms with Crippen molar-refractivity contribution in [2.24, 2.45) is 5.73 Å². The minimum absolute atomic E-state index is 0.259. The second-order valence-corrected chi connectivity index (χ2v) is 4.82. The van der Waals surface area contributed by atoms with E-state index in [2.05, 4.69) is 24.7 Å². The van der Waals surface area contributed by atoms with E-state index in [4.69, 9.17) is 10.5 Å². The molecule has 0 saturated heterocycles. The van der Waals surface area contributed by atoms with E-state index in [1.165, 1.54) is 0 Å². The first-order valence-corrected chi connectivity index (χ1v) is 6.33. The molecule has 0 bridgehead atoms. The number of carbonyl (C=O) groups is 1. The normalized spacial score (nSPS) is 12.4. The Hall–Kier alpha value is -1.59. The highest BCUT2D eigenvalue weighted by Gasteiger charge is 2.20. The van der Waals surface area contributed by atoms with Crippen LogP contribution < -0.4 is 21.3 Å². The molecular formula is C14H23N3O2. The van der Waals surface area contributed by atoms with Gasteiger partial charge in [-0.05, 0) is 41.7 Å². The highest BCUT2D eigenvalue weighted by atomic mass is 16.5. The van der Waals surface area contributed by atoms with Gasteiger partial charge >= 0.3 is 0 Å². The van der Waals surface area contributed by atoms with Crippen molar-refractivity contribution in [3.63, 3.8) is 0 Å². The van der Waals surface area contributed by atoms with Crippen molar-refractivity contribution >= 4 is 5.91 Å². The van der Waals surface area contributed by atoms with Crippen LogP contribution in [0.15, 0.2) is 12.1 Å². The van der Waals surface area contributed by atoms with E-state index in [0.29, 0.717) is 5.92 Å². The van der Waals surface area contributed by atoms with Crippen LogP contribution in [0.1, 0.15) is 42.5 Å². The Morgan fingerprint density at radius 1 is 1.32 bits per heavy atom. The molecule has 0 saturated carbocycles. The summed E-state index contributed by atoms with van der Waals surface area (Å²) in [5.41, 5.74) is 13.9. The monoisotopic (exact) mass is 265 g/mol. The zero-order valence-electron chi connectivity index (χ0n) is 12.2. The van der Waals surface area contributed by atoms with Crippen molar-refractivity contribution in [1.29, 1.82) is 0 Å². The predicted molar refractivity (Wildman–Crippen MR) is 76.0 cm³/mol. The van der Waals surface area contributed by atoms with E-state index in [1.807, 2.05) is 19.1 Å². The summed E-state index contributed by atoms with van der Waals surface area (Å²) >= 11 is 0. The average molecular weight is 265 g/mol. The molecule has 1 atom stereocenters. The molecule has 1 aromatic carbocycles. The Morgan fingerprint density at radius 2 is 1.95 bits per heavy atom. The Labute approximate surface area is 114 Å². The lowest BCUT2D eigenvalue weighted by atomic mass is 9.93. The Kier molecular flexibility index (Phi) is 5.32. The van der Waals surface area contributed by atoms with Gasteiger partial charge in [0.25, 0.3) is 5.91 Å². The van der Waals surface area contributed by atoms with Gasteiger partial charge in [-0.1, -0.05) is 13.8 Å². The highest BCUT2D eigenvalue weighted by Crippen LogP contribution is 2.31. The summed E-state index contributed by atoms with van der Waals surface area (Å²) in [6.45, 7) is 6.08. The second kappa shape index (κ2) is 6.54. The quantitative estimate of drug-likeness (QED) is 0.703. The molecule has 106 valence electrons. The number of methoxy groups -OCH3 is 1. The summed E-state index contributed by atoms with van der Waals surface area (Å²) in [7, 11) is 3.28. The molecule has 0 aromatic heterocycles. The number of amides is 1. The van der Waals surface area contributed by atoms with Gasteiger partial charge in [0.05, 0.1) is 7.11 Å². The SMILES string of the molecule is CNNC(=O)C(N)c1cc(C(C)C)c(OC)cc1C. The summed E-state index contributed by atoms with van der Waals surface area (Å²) in [6, 6.07) is 3.19. The summed E-state index contributed by atoms with van der Waals surface area (Å²) in [6.07, 6.45) is 0. The lowest BCUT2D eigenvalue weighted by Gasteiger charge is -2.19. The smallest absolute Gasteiger partial charge is 0.255 e. The number of benzene rings is 1. The van der Waals surface area contributed by atoms with E-state index in [-0.39, 0.29) is 5.91 Å². The van der Waals surface area contributed by atoms with Crippen molar-refractivity contribution < 1.29 is 9.53 Å². The molecule has 1 unspecified atom stereocenters. The van der Waals surface area contributed by atoms with E-state index < -0.39 is 6.04 Å². The first-order valence-electron chi connectivity index (χ1n) is 6.33. The van der Waals surface area contributed by atoms with Crippen molar-refractivity contribution in [2.45, 2.75) is 32.7 Å². The lowest BCUT2D eigenvalue weighted by Crippen LogP contribution is -2.41. The molecular weight excluding hydrogens is 242 g/mol. The van der Waals surface area contributed by atoms with Crippen LogP contribution in [0.2, 0.25) is 0 Å². The molecule has 0 radical (unpaired) electrons. The standard InChI is InChI=1S/C14H23N3O2/c1-8(2)10-7-11(9(3)6-12(10)19-5)13(15)14(18)17-16-4/h6-8,13,16H,15H2,1-5H3,(H,17,18). The Morgan fingerprint density at radius 3 is 2.42 bits per heavy atom. The van der Waals surface area contributed by atoms with Gasteiger partial charge in [-0.2, -0.15) is 0 Å². The fourth-order valence-electron chi connectivity index (χ4n) is 2.02. The zero-order valence-corrected chi connectivity index (χ0v) is 12.2. The predicted octanol–water partition coefficient (Wildman–Crippen LogP) is 1.38. The third-order valence-corrected chi connectivity index (χ3v) is 3.11. The third-order valence-electron chi connectivity index (χ3n) is 3.11. The van der Waals surface area contributed by atoms with Crippen LogP contribution in [0.25, 0.3) is 0 Å². The molecule has 1 aromatic rings. The van der Waals surface area contributed by atoms with Crippen LogP contribution in [-0.4, -0.2) is 20.1 Å². The molecule has 0 aliphatic heterocycles. The third kappa shape index (κ3) is 3.45. The number of hydrogen-bond donors (Lipinski definition) is 3. The molecule has 19 heavy (non-hydrogen) atoms. The van der Waals surface area contributed by atoms with E-state index in [1.54, 1.807) is 14.2 Å². The van der Waals surface area contributed by atoms with Crippen LogP contribution in [0.4, 0.5) is 0 Å². The van der Waals surface area contributed by atoms with Gasteiger partial charge in [0, 0.05) is 7.05 Å². The van der Waals surface area contributed by atoms with Crippen molar-refractivity contribution in [3.8, 4) is 5.75 Å². The maximum atomic E-state index is 11.8. The lowest BCUT2D eigenvalue weighted by molar-refractivity contribution is -0.123. The number of ether oxygens (including phenoxy) is 1. The average Bonchev–Trinajstić information content (AvgIpc) is 2.37. The van der Waals surface area contributed by atoms with Gasteiger partial charge in [0.1, 0.15) is 11.8 Å². The summed E-state index contributed by atoms with van der Waals surface area (Å²) < 4.78 is 5.38. The van der Waals surface area contributed by atoms with Crippen molar-refractivity contribution in [1.82, 2.24) is 10.9 Å². The maximum absolute atomic E-state index is 11.8. The van der Waals surface area contributed by atoms with Crippen LogP contribution >= 0.6 is 0 Å². The van der Waals surface area contributed by atoms with Gasteiger partial charge < -0.3 is 10.5 Å². The van der Waals surface area contributed by atoms with E-state index >= 15 is 0 Å². The summed E-state index contributed by atoms with van der Waals surface area (Å²) in [5.74, 6) is 0.872. The number of aryl methyl sites for hydroxylation is 1. The summed E-state index contributed by atoms with van der Waals surface area (Å²) in [4.78, 5) is 11.8. The largest absolute Gasteiger partial charge is 0.496 e. The fourth-order valence-corrected chi connectivity index (χ4v) is 2.02. The first kappa shape index (κ1) is 15.5. The van der Waals surface area contributed by atoms with Gasteiger partial charge in [0.15, 0.2) is 0 Å². The highest BCUT2D eigenvalue weighted by molar-refractivity contribution is 5.83. The number of hydrogen-bond acceptors (Lipinski definition) is 4. The zero-order chi connectivity index (χ0) is 14.6. The Balaban J connectivity index is 3.21. The molecule has 1 rings (SSSR count). The van der Waals surface area contributed by atoms with Crippen LogP contribution in [-0.2, 0) is 4.79 Å². The van der Waals surface area contributed by atoms with Gasteiger partial charge in [-0.15, -0.1) is 0 Å². The van der Waals surface area contributed by atoms with Gasteiger partial charge in [-0.3, -0.25) is 10.2 Å². The number of nitrogens with one attached hydrogen (secondary N) is 2. The van der Waals surface area contributed by atoms with Gasteiger partial charge in [0.2, 0.25) is 0 Å². The molecule has 5 nitrogen and oxygen atoms in total. The van der Waals surface area contributed by atoms with Gasteiger partial charge in [-0.25, -0.2) is 5.43 Å². The molecule has 0 heterocycles.